The quantitative estimate of drug-likeness (QED) is 0.633. The number of benzene rings is 1. The van der Waals surface area contributed by atoms with Crippen LogP contribution in [0.4, 0.5) is 13.2 Å². The van der Waals surface area contributed by atoms with Crippen LogP contribution in [0.15, 0.2) is 17.1 Å². The normalized spacial score (nSPS) is 19.9. The first-order valence-corrected chi connectivity index (χ1v) is 7.28. The van der Waals surface area contributed by atoms with Crippen molar-refractivity contribution in [1.29, 1.82) is 0 Å². The summed E-state index contributed by atoms with van der Waals surface area (Å²) in [6.45, 7) is 1.59. The van der Waals surface area contributed by atoms with Gasteiger partial charge >= 0.3 is 5.97 Å². The van der Waals surface area contributed by atoms with E-state index < -0.39 is 40.3 Å². The highest BCUT2D eigenvalue weighted by molar-refractivity contribution is 6.35. The largest absolute Gasteiger partial charge is 0.462 e. The van der Waals surface area contributed by atoms with E-state index in [0.717, 1.165) is 6.20 Å². The molecule has 2 aromatic rings. The maximum Gasteiger partial charge on any atom is 0.343 e. The Hall–Kier alpha value is -2.02. The molecular formula is C15H11ClF3NO3. The number of carbonyl (C=O) groups excluding carboxylic acids is 1. The molecule has 1 aromatic carbocycles. The molecule has 23 heavy (non-hydrogen) atoms. The minimum Gasteiger partial charge on any atom is -0.462 e. The summed E-state index contributed by atoms with van der Waals surface area (Å²) in [4.78, 5) is 24.3. The molecule has 1 heterocycles. The molecule has 1 aliphatic rings. The van der Waals surface area contributed by atoms with Crippen molar-refractivity contribution in [2.75, 3.05) is 6.61 Å². The summed E-state index contributed by atoms with van der Waals surface area (Å²) in [5, 5.41) is -0.912. The molecule has 4 nitrogen and oxygen atoms in total. The Bertz CT molecular complexity index is 881. The molecule has 1 aromatic heterocycles. The second kappa shape index (κ2) is 5.56. The first-order valence-electron chi connectivity index (χ1n) is 6.90. The fraction of sp³-hybridized carbons (Fsp3) is 0.333. The van der Waals surface area contributed by atoms with Crippen molar-refractivity contribution >= 4 is 28.5 Å². The molecule has 0 amide bonds. The van der Waals surface area contributed by atoms with Crippen LogP contribution in [0.3, 0.4) is 0 Å². The molecule has 2 atom stereocenters. The average Bonchev–Trinajstić information content (AvgIpc) is 3.23. The molecule has 0 N–H and O–H groups in total. The van der Waals surface area contributed by atoms with Crippen molar-refractivity contribution in [3.05, 3.63) is 44.7 Å². The Morgan fingerprint density at radius 3 is 2.70 bits per heavy atom. The van der Waals surface area contributed by atoms with Gasteiger partial charge in [-0.25, -0.2) is 18.0 Å². The van der Waals surface area contributed by atoms with E-state index in [-0.39, 0.29) is 29.5 Å². The van der Waals surface area contributed by atoms with E-state index >= 15 is 0 Å². The lowest BCUT2D eigenvalue weighted by molar-refractivity contribution is 0.0524. The highest BCUT2D eigenvalue weighted by Crippen LogP contribution is 2.42. The van der Waals surface area contributed by atoms with Crippen LogP contribution in [0.2, 0.25) is 5.02 Å². The Kier molecular flexibility index (Phi) is 3.83. The number of nitrogens with zero attached hydrogens (tertiary/aromatic N) is 1. The van der Waals surface area contributed by atoms with Crippen LogP contribution in [0.1, 0.15) is 29.7 Å². The van der Waals surface area contributed by atoms with Crippen LogP contribution in [0, 0.1) is 11.6 Å². The fourth-order valence-electron chi connectivity index (χ4n) is 2.47. The molecule has 0 unspecified atom stereocenters. The summed E-state index contributed by atoms with van der Waals surface area (Å²) in [5.74, 6) is -3.56. The highest BCUT2D eigenvalue weighted by Gasteiger charge is 2.40. The Labute approximate surface area is 133 Å². The second-order valence-corrected chi connectivity index (χ2v) is 5.58. The maximum atomic E-state index is 13.7. The number of hydrogen-bond donors (Lipinski definition) is 0. The zero-order valence-electron chi connectivity index (χ0n) is 11.9. The van der Waals surface area contributed by atoms with Gasteiger partial charge in [0.1, 0.15) is 16.8 Å². The summed E-state index contributed by atoms with van der Waals surface area (Å²) in [6.07, 6.45) is 0.0195. The van der Waals surface area contributed by atoms with Gasteiger partial charge in [0.25, 0.3) is 0 Å². The first kappa shape index (κ1) is 15.9. The van der Waals surface area contributed by atoms with E-state index in [1.807, 2.05) is 0 Å². The van der Waals surface area contributed by atoms with E-state index in [1.54, 1.807) is 6.92 Å². The van der Waals surface area contributed by atoms with Gasteiger partial charge in [-0.1, -0.05) is 11.6 Å². The van der Waals surface area contributed by atoms with Crippen molar-refractivity contribution in [1.82, 2.24) is 4.57 Å². The molecular weight excluding hydrogens is 335 g/mol. The number of carbonyl (C=O) groups is 1. The minimum atomic E-state index is -1.33. The fourth-order valence-corrected chi connectivity index (χ4v) is 2.76. The van der Waals surface area contributed by atoms with Crippen LogP contribution >= 0.6 is 11.6 Å². The van der Waals surface area contributed by atoms with Gasteiger partial charge in [0, 0.05) is 12.6 Å². The predicted octanol–water partition coefficient (Wildman–Crippen LogP) is 3.39. The van der Waals surface area contributed by atoms with E-state index in [4.69, 9.17) is 16.3 Å². The molecule has 0 bridgehead atoms. The molecule has 1 saturated carbocycles. The first-order chi connectivity index (χ1) is 10.9. The van der Waals surface area contributed by atoms with Crippen molar-refractivity contribution in [3.8, 4) is 0 Å². The number of rotatable bonds is 3. The zero-order chi connectivity index (χ0) is 16.9. The standard InChI is InChI=1S/C15H11ClF3NO3/c1-2-23-15(22)7-5-20(10-4-8(10)17)13-6(14(7)21)3-9(18)12(19)11(13)16/h3,5,8,10H,2,4H2,1H3/t8-,10-/m1/s1. The molecule has 1 fully saturated rings. The van der Waals surface area contributed by atoms with E-state index in [1.165, 1.54) is 4.57 Å². The van der Waals surface area contributed by atoms with Crippen molar-refractivity contribution in [2.24, 2.45) is 0 Å². The van der Waals surface area contributed by atoms with Crippen LogP contribution in [-0.4, -0.2) is 23.3 Å². The van der Waals surface area contributed by atoms with Gasteiger partial charge in [0.15, 0.2) is 11.6 Å². The van der Waals surface area contributed by atoms with Gasteiger partial charge in [0.05, 0.1) is 23.6 Å². The van der Waals surface area contributed by atoms with Gasteiger partial charge in [0.2, 0.25) is 5.43 Å². The Morgan fingerprint density at radius 1 is 1.48 bits per heavy atom. The predicted molar refractivity (Wildman–Crippen MR) is 77.6 cm³/mol. The Morgan fingerprint density at radius 2 is 2.13 bits per heavy atom. The number of fused-ring (bicyclic) bond motifs is 1. The maximum absolute atomic E-state index is 13.7. The van der Waals surface area contributed by atoms with Crippen molar-refractivity contribution in [2.45, 2.75) is 25.6 Å². The SMILES string of the molecule is CCOC(=O)c1cn([C@@H]2C[C@H]2F)c2c(Cl)c(F)c(F)cc2c1=O. The number of hydrogen-bond acceptors (Lipinski definition) is 3. The molecule has 1 aliphatic carbocycles. The number of esters is 1. The monoisotopic (exact) mass is 345 g/mol. The van der Waals surface area contributed by atoms with Gasteiger partial charge in [-0.15, -0.1) is 0 Å². The summed E-state index contributed by atoms with van der Waals surface area (Å²) in [7, 11) is 0. The smallest absolute Gasteiger partial charge is 0.343 e. The molecule has 122 valence electrons. The summed E-state index contributed by atoms with van der Waals surface area (Å²) in [6, 6.07) is -0.0260. The molecule has 0 spiro atoms. The van der Waals surface area contributed by atoms with Crippen LogP contribution in [0.25, 0.3) is 10.9 Å². The van der Waals surface area contributed by atoms with Gasteiger partial charge in [-0.3, -0.25) is 4.79 Å². The van der Waals surface area contributed by atoms with E-state index in [0.29, 0.717) is 6.07 Å². The number of ether oxygens (including phenoxy) is 1. The van der Waals surface area contributed by atoms with E-state index in [9.17, 15) is 22.8 Å². The minimum absolute atomic E-state index is 0.0318. The number of aromatic nitrogens is 1. The number of pyridine rings is 1. The summed E-state index contributed by atoms with van der Waals surface area (Å²) >= 11 is 5.81. The van der Waals surface area contributed by atoms with Crippen LogP contribution in [-0.2, 0) is 4.74 Å². The van der Waals surface area contributed by atoms with Crippen LogP contribution in [0.5, 0.6) is 0 Å². The van der Waals surface area contributed by atoms with E-state index in [2.05, 4.69) is 0 Å². The molecule has 8 heteroatoms. The molecule has 0 radical (unpaired) electrons. The second-order valence-electron chi connectivity index (χ2n) is 5.20. The highest BCUT2D eigenvalue weighted by atomic mass is 35.5. The third kappa shape index (κ3) is 2.49. The molecule has 3 rings (SSSR count). The number of halogens is 4. The lowest BCUT2D eigenvalue weighted by Gasteiger charge is -2.14. The van der Waals surface area contributed by atoms with Gasteiger partial charge < -0.3 is 9.30 Å². The van der Waals surface area contributed by atoms with Crippen molar-refractivity contribution in [3.63, 3.8) is 0 Å². The third-order valence-electron chi connectivity index (χ3n) is 3.69. The van der Waals surface area contributed by atoms with Crippen LogP contribution < -0.4 is 5.43 Å². The summed E-state index contributed by atoms with van der Waals surface area (Å²) < 4.78 is 46.8. The van der Waals surface area contributed by atoms with Crippen molar-refractivity contribution < 1.29 is 22.7 Å². The summed E-state index contributed by atoms with van der Waals surface area (Å²) in [5.41, 5.74) is -1.35. The lowest BCUT2D eigenvalue weighted by Crippen LogP contribution is -2.21. The number of alkyl halides is 1. The topological polar surface area (TPSA) is 48.3 Å². The molecule has 0 saturated heterocycles. The lowest BCUT2D eigenvalue weighted by atomic mass is 10.1. The van der Waals surface area contributed by atoms with Gasteiger partial charge in [-0.2, -0.15) is 0 Å². The average molecular weight is 346 g/mol. The van der Waals surface area contributed by atoms with Gasteiger partial charge in [-0.05, 0) is 13.0 Å². The zero-order valence-corrected chi connectivity index (χ0v) is 12.7. The molecule has 0 aliphatic heterocycles. The Balaban J connectivity index is 2.38. The third-order valence-corrected chi connectivity index (χ3v) is 4.03.